The first kappa shape index (κ1) is 22.7. The third-order valence-electron chi connectivity index (χ3n) is 4.81. The highest BCUT2D eigenvalue weighted by Gasteiger charge is 2.20. The van der Waals surface area contributed by atoms with Gasteiger partial charge in [-0.25, -0.2) is 9.78 Å². The predicted octanol–water partition coefficient (Wildman–Crippen LogP) is 6.47. The number of ether oxygens (including phenoxy) is 2. The number of esters is 1. The summed E-state index contributed by atoms with van der Waals surface area (Å²) < 4.78 is 10.8. The molecule has 31 heavy (non-hydrogen) atoms. The molecule has 3 aromatic rings. The smallest absolute Gasteiger partial charge is 0.350 e. The van der Waals surface area contributed by atoms with E-state index in [1.807, 2.05) is 36.4 Å². The number of carbonyl (C=O) groups excluding carboxylic acids is 1. The normalized spacial score (nSPS) is 10.6. The van der Waals surface area contributed by atoms with Gasteiger partial charge in [0.05, 0.1) is 19.4 Å². The topological polar surface area (TPSA) is 73.3 Å². The van der Waals surface area contributed by atoms with Crippen LogP contribution >= 0.6 is 11.3 Å². The second-order valence-corrected chi connectivity index (χ2v) is 8.19. The fourth-order valence-electron chi connectivity index (χ4n) is 3.13. The molecule has 0 radical (unpaired) electrons. The van der Waals surface area contributed by atoms with Gasteiger partial charge in [0.15, 0.2) is 5.13 Å². The summed E-state index contributed by atoms with van der Waals surface area (Å²) in [6.45, 7) is 2.97. The van der Waals surface area contributed by atoms with Gasteiger partial charge in [0.2, 0.25) is 0 Å². The van der Waals surface area contributed by atoms with Crippen molar-refractivity contribution in [3.8, 4) is 17.0 Å². The Balaban J connectivity index is 1.58. The molecule has 0 amide bonds. The molecular weight excluding hydrogens is 410 g/mol. The van der Waals surface area contributed by atoms with Gasteiger partial charge in [-0.3, -0.25) is 4.98 Å². The number of carbonyl (C=O) groups is 1. The van der Waals surface area contributed by atoms with Crippen LogP contribution in [0.25, 0.3) is 11.3 Å². The van der Waals surface area contributed by atoms with E-state index in [9.17, 15) is 4.79 Å². The van der Waals surface area contributed by atoms with E-state index in [0.717, 1.165) is 30.0 Å². The Bertz CT molecular complexity index is 942. The van der Waals surface area contributed by atoms with Crippen molar-refractivity contribution in [3.05, 3.63) is 53.7 Å². The minimum Gasteiger partial charge on any atom is -0.494 e. The van der Waals surface area contributed by atoms with Crippen LogP contribution in [0.2, 0.25) is 0 Å². The molecule has 2 aromatic heterocycles. The van der Waals surface area contributed by atoms with E-state index in [4.69, 9.17) is 9.47 Å². The maximum atomic E-state index is 12.2. The zero-order valence-corrected chi connectivity index (χ0v) is 18.9. The second-order valence-electron chi connectivity index (χ2n) is 7.20. The Morgan fingerprint density at radius 1 is 1.06 bits per heavy atom. The first-order chi connectivity index (χ1) is 15.2. The fraction of sp³-hybridized carbons (Fsp3) is 0.375. The number of aromatic nitrogens is 2. The van der Waals surface area contributed by atoms with E-state index < -0.39 is 5.97 Å². The summed E-state index contributed by atoms with van der Waals surface area (Å²) in [4.78, 5) is 21.4. The largest absolute Gasteiger partial charge is 0.494 e. The van der Waals surface area contributed by atoms with Gasteiger partial charge in [-0.2, -0.15) is 0 Å². The van der Waals surface area contributed by atoms with Gasteiger partial charge in [0, 0.05) is 23.6 Å². The van der Waals surface area contributed by atoms with Crippen LogP contribution in [0, 0.1) is 0 Å². The number of nitrogens with one attached hydrogen (secondary N) is 1. The number of anilines is 2. The lowest BCUT2D eigenvalue weighted by molar-refractivity contribution is 0.0607. The number of thiazole rings is 1. The molecule has 0 atom stereocenters. The highest BCUT2D eigenvalue weighted by molar-refractivity contribution is 7.18. The number of hydrogen-bond acceptors (Lipinski definition) is 7. The van der Waals surface area contributed by atoms with Crippen LogP contribution in [0.4, 0.5) is 10.8 Å². The van der Waals surface area contributed by atoms with Crippen molar-refractivity contribution >= 4 is 28.1 Å². The summed E-state index contributed by atoms with van der Waals surface area (Å²) in [6, 6.07) is 11.5. The van der Waals surface area contributed by atoms with Crippen molar-refractivity contribution in [2.24, 2.45) is 0 Å². The molecule has 0 fully saturated rings. The molecule has 164 valence electrons. The lowest BCUT2D eigenvalue weighted by atomic mass is 10.1. The van der Waals surface area contributed by atoms with E-state index in [1.165, 1.54) is 50.6 Å². The van der Waals surface area contributed by atoms with E-state index >= 15 is 0 Å². The Morgan fingerprint density at radius 2 is 1.84 bits per heavy atom. The van der Waals surface area contributed by atoms with Gasteiger partial charge in [-0.05, 0) is 42.8 Å². The van der Waals surface area contributed by atoms with Crippen LogP contribution in [0.15, 0.2) is 48.8 Å². The summed E-state index contributed by atoms with van der Waals surface area (Å²) in [7, 11) is 1.37. The fourth-order valence-corrected chi connectivity index (χ4v) is 4.06. The van der Waals surface area contributed by atoms with E-state index in [-0.39, 0.29) is 0 Å². The zero-order valence-electron chi connectivity index (χ0n) is 18.1. The lowest BCUT2D eigenvalue weighted by Gasteiger charge is -2.08. The van der Waals surface area contributed by atoms with Crippen molar-refractivity contribution in [3.63, 3.8) is 0 Å². The van der Waals surface area contributed by atoms with Crippen molar-refractivity contribution in [1.82, 2.24) is 9.97 Å². The Hall–Kier alpha value is -2.93. The molecule has 0 aliphatic heterocycles. The number of rotatable bonds is 12. The number of hydrogen-bond donors (Lipinski definition) is 1. The molecule has 0 bridgehead atoms. The third kappa shape index (κ3) is 6.79. The van der Waals surface area contributed by atoms with Crippen molar-refractivity contribution < 1.29 is 14.3 Å². The van der Waals surface area contributed by atoms with Gasteiger partial charge >= 0.3 is 5.97 Å². The van der Waals surface area contributed by atoms with Crippen LogP contribution in [0.1, 0.15) is 55.1 Å². The average Bonchev–Trinajstić information content (AvgIpc) is 3.23. The van der Waals surface area contributed by atoms with Gasteiger partial charge < -0.3 is 14.8 Å². The molecule has 0 saturated carbocycles. The van der Waals surface area contributed by atoms with Gasteiger partial charge in [0.1, 0.15) is 10.6 Å². The molecule has 0 aliphatic carbocycles. The van der Waals surface area contributed by atoms with Crippen molar-refractivity contribution in [2.75, 3.05) is 19.0 Å². The molecule has 6 nitrogen and oxygen atoms in total. The molecule has 2 heterocycles. The van der Waals surface area contributed by atoms with Crippen molar-refractivity contribution in [2.45, 2.75) is 45.4 Å². The summed E-state index contributed by atoms with van der Waals surface area (Å²) in [5.41, 5.74) is 2.20. The third-order valence-corrected chi connectivity index (χ3v) is 5.76. The zero-order chi connectivity index (χ0) is 21.9. The van der Waals surface area contributed by atoms with Gasteiger partial charge in [-0.15, -0.1) is 0 Å². The summed E-state index contributed by atoms with van der Waals surface area (Å²) in [6.07, 6.45) is 10.8. The van der Waals surface area contributed by atoms with E-state index in [0.29, 0.717) is 15.7 Å². The van der Waals surface area contributed by atoms with Crippen LogP contribution < -0.4 is 10.1 Å². The molecule has 7 heteroatoms. The average molecular weight is 440 g/mol. The van der Waals surface area contributed by atoms with Crippen LogP contribution in [0.3, 0.4) is 0 Å². The van der Waals surface area contributed by atoms with Crippen LogP contribution in [0.5, 0.6) is 5.75 Å². The number of unbranched alkanes of at least 4 members (excludes halogenated alkanes) is 5. The Kier molecular flexibility index (Phi) is 8.84. The van der Waals surface area contributed by atoms with E-state index in [1.54, 1.807) is 12.4 Å². The molecule has 0 aliphatic rings. The number of benzene rings is 1. The summed E-state index contributed by atoms with van der Waals surface area (Å²) in [5, 5.41) is 3.87. The van der Waals surface area contributed by atoms with Gasteiger partial charge in [-0.1, -0.05) is 50.4 Å². The molecule has 3 rings (SSSR count). The quantitative estimate of drug-likeness (QED) is 0.257. The lowest BCUT2D eigenvalue weighted by Crippen LogP contribution is -2.00. The highest BCUT2D eigenvalue weighted by Crippen LogP contribution is 2.33. The second kappa shape index (κ2) is 12.1. The number of methoxy groups -OCH3 is 1. The molecule has 0 unspecified atom stereocenters. The minimum absolute atomic E-state index is 0.414. The highest BCUT2D eigenvalue weighted by atomic mass is 32.1. The van der Waals surface area contributed by atoms with Crippen LogP contribution in [-0.4, -0.2) is 29.7 Å². The van der Waals surface area contributed by atoms with Gasteiger partial charge in [0.25, 0.3) is 0 Å². The molecule has 0 saturated heterocycles. The van der Waals surface area contributed by atoms with Crippen molar-refractivity contribution in [1.29, 1.82) is 0 Å². The number of nitrogens with zero attached hydrogens (tertiary/aromatic N) is 2. The summed E-state index contributed by atoms with van der Waals surface area (Å²) >= 11 is 1.26. The molecule has 0 spiro atoms. The van der Waals surface area contributed by atoms with Crippen LogP contribution in [-0.2, 0) is 4.74 Å². The standard InChI is InChI=1S/C24H29N3O3S/c1-3-4-5-6-7-8-16-30-20-13-11-19(12-14-20)26-24-27-21(18-10-9-15-25-17-18)22(31-24)23(28)29-2/h9-15,17H,3-8,16H2,1-2H3,(H,26,27). The monoisotopic (exact) mass is 439 g/mol. The first-order valence-electron chi connectivity index (χ1n) is 10.7. The molecule has 1 aromatic carbocycles. The maximum Gasteiger partial charge on any atom is 0.350 e. The Labute approximate surface area is 187 Å². The number of pyridine rings is 1. The first-order valence-corrected chi connectivity index (χ1v) is 11.5. The maximum absolute atomic E-state index is 12.2. The Morgan fingerprint density at radius 3 is 2.55 bits per heavy atom. The summed E-state index contributed by atoms with van der Waals surface area (Å²) in [5.74, 6) is 0.437. The van der Waals surface area contributed by atoms with E-state index in [2.05, 4.69) is 22.2 Å². The molecular formula is C24H29N3O3S. The SMILES string of the molecule is CCCCCCCCOc1ccc(Nc2nc(-c3cccnc3)c(C(=O)OC)s2)cc1. The molecule has 1 N–H and O–H groups in total. The predicted molar refractivity (Wildman–Crippen MR) is 125 cm³/mol. The minimum atomic E-state index is -0.414.